The Kier molecular flexibility index (Phi) is 4.35. The SMILES string of the molecule is Cn1nc(C(=O)N2CCCC(OCc3nc(C4CC4)no3)C2)c2ccccc21. The van der Waals surface area contributed by atoms with Gasteiger partial charge in [-0.25, -0.2) is 0 Å². The Bertz CT molecular complexity index is 1010. The Morgan fingerprint density at radius 2 is 2.14 bits per heavy atom. The van der Waals surface area contributed by atoms with Crippen LogP contribution in [0.2, 0.25) is 0 Å². The third kappa shape index (κ3) is 3.28. The summed E-state index contributed by atoms with van der Waals surface area (Å²) in [5.41, 5.74) is 1.46. The van der Waals surface area contributed by atoms with Crippen molar-refractivity contribution in [2.24, 2.45) is 7.05 Å². The van der Waals surface area contributed by atoms with Crippen molar-refractivity contribution in [1.29, 1.82) is 0 Å². The second-order valence-corrected chi connectivity index (χ2v) is 7.64. The maximum absolute atomic E-state index is 13.1. The summed E-state index contributed by atoms with van der Waals surface area (Å²) in [6.45, 7) is 1.56. The highest BCUT2D eigenvalue weighted by molar-refractivity contribution is 6.04. The van der Waals surface area contributed by atoms with E-state index in [0.29, 0.717) is 30.7 Å². The second kappa shape index (κ2) is 7.01. The van der Waals surface area contributed by atoms with E-state index >= 15 is 0 Å². The first-order valence-corrected chi connectivity index (χ1v) is 9.84. The highest BCUT2D eigenvalue weighted by Gasteiger charge is 2.30. The second-order valence-electron chi connectivity index (χ2n) is 7.64. The lowest BCUT2D eigenvalue weighted by Crippen LogP contribution is -2.43. The minimum atomic E-state index is -0.0427. The van der Waals surface area contributed by atoms with E-state index in [1.54, 1.807) is 4.68 Å². The molecule has 1 aliphatic heterocycles. The van der Waals surface area contributed by atoms with Crippen LogP contribution in [0.4, 0.5) is 0 Å². The topological polar surface area (TPSA) is 86.3 Å². The average molecular weight is 381 g/mol. The summed E-state index contributed by atoms with van der Waals surface area (Å²) in [5.74, 6) is 1.73. The van der Waals surface area contributed by atoms with Crippen LogP contribution in [-0.4, -0.2) is 49.9 Å². The lowest BCUT2D eigenvalue weighted by Gasteiger charge is -2.32. The fourth-order valence-electron chi connectivity index (χ4n) is 3.80. The van der Waals surface area contributed by atoms with E-state index in [4.69, 9.17) is 9.26 Å². The smallest absolute Gasteiger partial charge is 0.275 e. The molecule has 3 aromatic rings. The molecule has 0 spiro atoms. The normalized spacial score (nSPS) is 20.0. The molecule has 8 nitrogen and oxygen atoms in total. The molecule has 0 bridgehead atoms. The van der Waals surface area contributed by atoms with Crippen LogP contribution in [0.3, 0.4) is 0 Å². The molecule has 0 N–H and O–H groups in total. The summed E-state index contributed by atoms with van der Waals surface area (Å²) in [4.78, 5) is 19.3. The number of aromatic nitrogens is 4. The van der Waals surface area contributed by atoms with Crippen LogP contribution in [0.1, 0.15) is 53.8 Å². The van der Waals surface area contributed by atoms with Crippen LogP contribution >= 0.6 is 0 Å². The van der Waals surface area contributed by atoms with Crippen LogP contribution in [-0.2, 0) is 18.4 Å². The number of piperidine rings is 1. The van der Waals surface area contributed by atoms with Gasteiger partial charge >= 0.3 is 0 Å². The van der Waals surface area contributed by atoms with Crippen LogP contribution in [0.5, 0.6) is 0 Å². The molecule has 1 aromatic carbocycles. The summed E-state index contributed by atoms with van der Waals surface area (Å²) in [6, 6.07) is 7.81. The molecule has 1 amide bonds. The van der Waals surface area contributed by atoms with Crippen molar-refractivity contribution in [2.45, 2.75) is 44.3 Å². The standard InChI is InChI=1S/C20H23N5O3/c1-24-16-7-3-2-6-15(16)18(22-24)20(26)25-10-4-5-14(11-25)27-12-17-21-19(23-28-17)13-8-9-13/h2-3,6-7,13-14H,4-5,8-12H2,1H3. The third-order valence-corrected chi connectivity index (χ3v) is 5.49. The number of carbonyl (C=O) groups excluding carboxylic acids is 1. The van der Waals surface area contributed by atoms with Gasteiger partial charge in [0, 0.05) is 31.4 Å². The molecular formula is C20H23N5O3. The van der Waals surface area contributed by atoms with E-state index in [2.05, 4.69) is 15.2 Å². The Hall–Kier alpha value is -2.74. The number of aryl methyl sites for hydroxylation is 1. The number of hydrogen-bond donors (Lipinski definition) is 0. The molecule has 2 aliphatic rings. The maximum Gasteiger partial charge on any atom is 0.275 e. The molecule has 28 heavy (non-hydrogen) atoms. The van der Waals surface area contributed by atoms with E-state index in [1.807, 2.05) is 36.2 Å². The lowest BCUT2D eigenvalue weighted by molar-refractivity contribution is -0.0154. The van der Waals surface area contributed by atoms with Crippen molar-refractivity contribution in [1.82, 2.24) is 24.8 Å². The summed E-state index contributed by atoms with van der Waals surface area (Å²) in [6.07, 6.45) is 4.06. The van der Waals surface area contributed by atoms with Gasteiger partial charge in [0.1, 0.15) is 6.61 Å². The molecular weight excluding hydrogens is 358 g/mol. The molecule has 3 heterocycles. The van der Waals surface area contributed by atoms with E-state index in [9.17, 15) is 4.79 Å². The van der Waals surface area contributed by atoms with Gasteiger partial charge in [-0.1, -0.05) is 23.4 Å². The first-order chi connectivity index (χ1) is 13.7. The summed E-state index contributed by atoms with van der Waals surface area (Å²) < 4.78 is 13.0. The number of hydrogen-bond acceptors (Lipinski definition) is 6. The number of carbonyl (C=O) groups is 1. The van der Waals surface area contributed by atoms with Gasteiger partial charge in [-0.15, -0.1) is 0 Å². The zero-order valence-corrected chi connectivity index (χ0v) is 15.9. The molecule has 1 saturated carbocycles. The molecule has 1 atom stereocenters. The Morgan fingerprint density at radius 3 is 3.00 bits per heavy atom. The molecule has 2 fully saturated rings. The molecule has 1 unspecified atom stereocenters. The molecule has 2 aromatic heterocycles. The number of fused-ring (bicyclic) bond motifs is 1. The summed E-state index contributed by atoms with van der Waals surface area (Å²) in [7, 11) is 1.86. The molecule has 5 rings (SSSR count). The van der Waals surface area contributed by atoms with E-state index in [0.717, 1.165) is 49.0 Å². The van der Waals surface area contributed by atoms with Gasteiger partial charge in [0.15, 0.2) is 11.5 Å². The van der Waals surface area contributed by atoms with Gasteiger partial charge < -0.3 is 14.2 Å². The molecule has 0 radical (unpaired) electrons. The Labute approximate surface area is 162 Å². The fraction of sp³-hybridized carbons (Fsp3) is 0.500. The molecule has 1 aliphatic carbocycles. The van der Waals surface area contributed by atoms with Crippen LogP contribution in [0.15, 0.2) is 28.8 Å². The average Bonchev–Trinajstić information content (AvgIpc) is 3.38. The number of likely N-dealkylation sites (tertiary alicyclic amines) is 1. The van der Waals surface area contributed by atoms with Gasteiger partial charge in [0.05, 0.1) is 11.6 Å². The van der Waals surface area contributed by atoms with Crippen molar-refractivity contribution in [3.8, 4) is 0 Å². The van der Waals surface area contributed by atoms with Gasteiger partial charge in [-0.05, 0) is 31.7 Å². The van der Waals surface area contributed by atoms with Crippen LogP contribution in [0.25, 0.3) is 10.9 Å². The highest BCUT2D eigenvalue weighted by Crippen LogP contribution is 2.38. The number of benzene rings is 1. The van der Waals surface area contributed by atoms with Crippen LogP contribution in [0, 0.1) is 0 Å². The minimum absolute atomic E-state index is 0.0380. The van der Waals surface area contributed by atoms with Gasteiger partial charge in [-0.3, -0.25) is 9.48 Å². The van der Waals surface area contributed by atoms with Crippen molar-refractivity contribution in [2.75, 3.05) is 13.1 Å². The van der Waals surface area contributed by atoms with Crippen LogP contribution < -0.4 is 0 Å². The lowest BCUT2D eigenvalue weighted by atomic mass is 10.1. The zero-order chi connectivity index (χ0) is 19.1. The summed E-state index contributed by atoms with van der Waals surface area (Å²) >= 11 is 0. The predicted molar refractivity (Wildman–Crippen MR) is 101 cm³/mol. The van der Waals surface area contributed by atoms with Crippen molar-refractivity contribution in [3.63, 3.8) is 0 Å². The first-order valence-electron chi connectivity index (χ1n) is 9.84. The summed E-state index contributed by atoms with van der Waals surface area (Å²) in [5, 5.41) is 9.36. The zero-order valence-electron chi connectivity index (χ0n) is 15.9. The van der Waals surface area contributed by atoms with Gasteiger partial charge in [0.25, 0.3) is 11.8 Å². The minimum Gasteiger partial charge on any atom is -0.367 e. The molecule has 8 heteroatoms. The largest absolute Gasteiger partial charge is 0.367 e. The third-order valence-electron chi connectivity index (χ3n) is 5.49. The van der Waals surface area contributed by atoms with Crippen molar-refractivity contribution in [3.05, 3.63) is 41.7 Å². The predicted octanol–water partition coefficient (Wildman–Crippen LogP) is 2.66. The number of ether oxygens (including phenoxy) is 1. The van der Waals surface area contributed by atoms with E-state index < -0.39 is 0 Å². The van der Waals surface area contributed by atoms with Gasteiger partial charge in [0.2, 0.25) is 0 Å². The number of nitrogens with zero attached hydrogens (tertiary/aromatic N) is 5. The maximum atomic E-state index is 13.1. The molecule has 146 valence electrons. The van der Waals surface area contributed by atoms with Crippen molar-refractivity contribution >= 4 is 16.8 Å². The quantitative estimate of drug-likeness (QED) is 0.675. The molecule has 1 saturated heterocycles. The van der Waals surface area contributed by atoms with Gasteiger partial charge in [-0.2, -0.15) is 10.1 Å². The Balaban J connectivity index is 1.25. The van der Waals surface area contributed by atoms with Crippen molar-refractivity contribution < 1.29 is 14.1 Å². The van der Waals surface area contributed by atoms with E-state index in [-0.39, 0.29) is 12.0 Å². The first kappa shape index (κ1) is 17.4. The van der Waals surface area contributed by atoms with E-state index in [1.165, 1.54) is 0 Å². The highest BCUT2D eigenvalue weighted by atomic mass is 16.5. The number of rotatable bonds is 5. The number of para-hydroxylation sites is 1. The number of amides is 1. The Morgan fingerprint density at radius 1 is 1.29 bits per heavy atom. The monoisotopic (exact) mass is 381 g/mol. The fourth-order valence-corrected chi connectivity index (χ4v) is 3.80.